The lowest BCUT2D eigenvalue weighted by atomic mass is 10.2. The van der Waals surface area contributed by atoms with E-state index in [2.05, 4.69) is 9.88 Å². The summed E-state index contributed by atoms with van der Waals surface area (Å²) >= 11 is 0. The van der Waals surface area contributed by atoms with Crippen molar-refractivity contribution in [2.24, 2.45) is 0 Å². The zero-order valence-electron chi connectivity index (χ0n) is 8.73. The van der Waals surface area contributed by atoms with Crippen LogP contribution < -0.4 is 4.90 Å². The molecule has 1 rings (SSSR count). The third-order valence-corrected chi connectivity index (χ3v) is 2.11. The first-order valence-corrected chi connectivity index (χ1v) is 4.81. The summed E-state index contributed by atoms with van der Waals surface area (Å²) in [6.07, 6.45) is 5.14. The first kappa shape index (κ1) is 10.7. The highest BCUT2D eigenvalue weighted by atomic mass is 16.1. The fourth-order valence-electron chi connectivity index (χ4n) is 1.27. The molecule has 0 bridgehead atoms. The van der Waals surface area contributed by atoms with Crippen LogP contribution in [-0.2, 0) is 4.79 Å². The predicted molar refractivity (Wildman–Crippen MR) is 57.4 cm³/mol. The number of Topliss-reactive ketones (excluding diaryl/α,β-unsaturated/α-hetero) is 1. The molecule has 1 aromatic heterocycles. The van der Waals surface area contributed by atoms with Crippen molar-refractivity contribution in [1.29, 1.82) is 0 Å². The maximum Gasteiger partial charge on any atom is 0.129 e. The normalized spacial score (nSPS) is 9.86. The van der Waals surface area contributed by atoms with Crippen molar-refractivity contribution < 1.29 is 4.79 Å². The lowest BCUT2D eigenvalue weighted by Gasteiger charge is -2.17. The van der Waals surface area contributed by atoms with Gasteiger partial charge in [0.25, 0.3) is 0 Å². The van der Waals surface area contributed by atoms with Gasteiger partial charge in [0.15, 0.2) is 0 Å². The molecule has 0 amide bonds. The number of rotatable bonds is 5. The number of pyridine rings is 1. The van der Waals surface area contributed by atoms with Crippen molar-refractivity contribution in [2.75, 3.05) is 18.5 Å². The quantitative estimate of drug-likeness (QED) is 0.714. The highest BCUT2D eigenvalue weighted by Crippen LogP contribution is 2.09. The van der Waals surface area contributed by atoms with Gasteiger partial charge in [0.2, 0.25) is 0 Å². The van der Waals surface area contributed by atoms with Crippen LogP contribution in [0.15, 0.2) is 24.5 Å². The van der Waals surface area contributed by atoms with E-state index in [1.807, 2.05) is 25.4 Å². The van der Waals surface area contributed by atoms with Gasteiger partial charge in [-0.05, 0) is 25.5 Å². The van der Waals surface area contributed by atoms with Crippen LogP contribution in [0.1, 0.15) is 19.8 Å². The molecule has 1 aromatic rings. The molecule has 0 aliphatic rings. The van der Waals surface area contributed by atoms with Crippen LogP contribution in [0.3, 0.4) is 0 Å². The number of anilines is 1. The Labute approximate surface area is 84.8 Å². The van der Waals surface area contributed by atoms with Crippen molar-refractivity contribution in [3.8, 4) is 0 Å². The molecule has 0 spiro atoms. The molecule has 3 heteroatoms. The Morgan fingerprint density at radius 2 is 2.36 bits per heavy atom. The fraction of sp³-hybridized carbons (Fsp3) is 0.455. The third-order valence-electron chi connectivity index (χ3n) is 2.11. The molecule has 0 saturated carbocycles. The van der Waals surface area contributed by atoms with Gasteiger partial charge in [-0.25, -0.2) is 0 Å². The number of carbonyl (C=O) groups excluding carboxylic acids is 1. The van der Waals surface area contributed by atoms with Gasteiger partial charge < -0.3 is 9.69 Å². The zero-order valence-corrected chi connectivity index (χ0v) is 8.73. The molecular weight excluding hydrogens is 176 g/mol. The van der Waals surface area contributed by atoms with Crippen molar-refractivity contribution >= 4 is 11.5 Å². The molecule has 3 nitrogen and oxygen atoms in total. The predicted octanol–water partition coefficient (Wildman–Crippen LogP) is 1.89. The minimum Gasteiger partial charge on any atom is -0.373 e. The average molecular weight is 192 g/mol. The number of hydrogen-bond donors (Lipinski definition) is 0. The maximum absolute atomic E-state index is 10.7. The zero-order chi connectivity index (χ0) is 10.4. The summed E-state index contributed by atoms with van der Waals surface area (Å²) < 4.78 is 0. The Balaban J connectivity index is 2.36. The second-order valence-electron chi connectivity index (χ2n) is 3.44. The monoisotopic (exact) mass is 192 g/mol. The number of hydrogen-bond acceptors (Lipinski definition) is 3. The molecule has 0 N–H and O–H groups in total. The SMILES string of the molecule is CC(=O)CCCN(C)c1cccnc1. The number of carbonyl (C=O) groups is 1. The van der Waals surface area contributed by atoms with E-state index < -0.39 is 0 Å². The first-order valence-electron chi connectivity index (χ1n) is 4.81. The summed E-state index contributed by atoms with van der Waals surface area (Å²) in [4.78, 5) is 16.9. The van der Waals surface area contributed by atoms with E-state index in [1.165, 1.54) is 0 Å². The molecule has 0 radical (unpaired) electrons. The van der Waals surface area contributed by atoms with Crippen molar-refractivity contribution in [3.05, 3.63) is 24.5 Å². The second-order valence-corrected chi connectivity index (χ2v) is 3.44. The minimum atomic E-state index is 0.254. The fourth-order valence-corrected chi connectivity index (χ4v) is 1.27. The molecule has 0 saturated heterocycles. The smallest absolute Gasteiger partial charge is 0.129 e. The van der Waals surface area contributed by atoms with Crippen LogP contribution in [0.2, 0.25) is 0 Å². The Morgan fingerprint density at radius 3 is 2.93 bits per heavy atom. The van der Waals surface area contributed by atoms with Gasteiger partial charge >= 0.3 is 0 Å². The van der Waals surface area contributed by atoms with E-state index in [0.717, 1.165) is 18.7 Å². The highest BCUT2D eigenvalue weighted by molar-refractivity contribution is 5.75. The summed E-state index contributed by atoms with van der Waals surface area (Å²) in [6, 6.07) is 3.93. The van der Waals surface area contributed by atoms with Gasteiger partial charge in [-0.2, -0.15) is 0 Å². The summed E-state index contributed by atoms with van der Waals surface area (Å²) in [5, 5.41) is 0. The molecule has 0 aliphatic heterocycles. The number of aromatic nitrogens is 1. The van der Waals surface area contributed by atoms with Gasteiger partial charge in [-0.3, -0.25) is 4.98 Å². The standard InChI is InChI=1S/C11H16N2O/c1-10(14)5-4-8-13(2)11-6-3-7-12-9-11/h3,6-7,9H,4-5,8H2,1-2H3. The van der Waals surface area contributed by atoms with Gasteiger partial charge in [0, 0.05) is 26.2 Å². The molecule has 0 atom stereocenters. The third kappa shape index (κ3) is 3.56. The van der Waals surface area contributed by atoms with Crippen LogP contribution in [0, 0.1) is 0 Å². The van der Waals surface area contributed by atoms with Crippen LogP contribution in [-0.4, -0.2) is 24.4 Å². The van der Waals surface area contributed by atoms with E-state index >= 15 is 0 Å². The average Bonchev–Trinajstić information content (AvgIpc) is 2.18. The lowest BCUT2D eigenvalue weighted by Crippen LogP contribution is -2.19. The Hall–Kier alpha value is -1.38. The van der Waals surface area contributed by atoms with Crippen LogP contribution in [0.4, 0.5) is 5.69 Å². The van der Waals surface area contributed by atoms with Gasteiger partial charge in [0.05, 0.1) is 11.9 Å². The number of nitrogens with zero attached hydrogens (tertiary/aromatic N) is 2. The summed E-state index contributed by atoms with van der Waals surface area (Å²) in [6.45, 7) is 2.52. The van der Waals surface area contributed by atoms with Gasteiger partial charge in [0.1, 0.15) is 5.78 Å². The van der Waals surface area contributed by atoms with Crippen LogP contribution >= 0.6 is 0 Å². The van der Waals surface area contributed by atoms with Gasteiger partial charge in [-0.15, -0.1) is 0 Å². The number of ketones is 1. The Bertz CT molecular complexity index is 285. The van der Waals surface area contributed by atoms with E-state index in [9.17, 15) is 4.79 Å². The molecule has 0 aliphatic carbocycles. The largest absolute Gasteiger partial charge is 0.373 e. The van der Waals surface area contributed by atoms with Gasteiger partial charge in [-0.1, -0.05) is 0 Å². The second kappa shape index (κ2) is 5.37. The van der Waals surface area contributed by atoms with Crippen LogP contribution in [0.25, 0.3) is 0 Å². The van der Waals surface area contributed by atoms with Crippen molar-refractivity contribution in [3.63, 3.8) is 0 Å². The Kier molecular flexibility index (Phi) is 4.11. The first-order chi connectivity index (χ1) is 6.70. The maximum atomic E-state index is 10.7. The molecule has 0 unspecified atom stereocenters. The molecule has 76 valence electrons. The molecule has 0 fully saturated rings. The molecule has 14 heavy (non-hydrogen) atoms. The van der Waals surface area contributed by atoms with Crippen molar-refractivity contribution in [2.45, 2.75) is 19.8 Å². The highest BCUT2D eigenvalue weighted by Gasteiger charge is 2.00. The van der Waals surface area contributed by atoms with E-state index in [0.29, 0.717) is 6.42 Å². The van der Waals surface area contributed by atoms with Crippen LogP contribution in [0.5, 0.6) is 0 Å². The summed E-state index contributed by atoms with van der Waals surface area (Å²) in [5.41, 5.74) is 1.09. The molecular formula is C11H16N2O. The Morgan fingerprint density at radius 1 is 1.57 bits per heavy atom. The topological polar surface area (TPSA) is 33.2 Å². The minimum absolute atomic E-state index is 0.254. The van der Waals surface area contributed by atoms with E-state index in [1.54, 1.807) is 13.1 Å². The van der Waals surface area contributed by atoms with E-state index in [-0.39, 0.29) is 5.78 Å². The molecule has 0 aromatic carbocycles. The summed E-state index contributed by atoms with van der Waals surface area (Å²) in [7, 11) is 2.01. The van der Waals surface area contributed by atoms with E-state index in [4.69, 9.17) is 0 Å². The van der Waals surface area contributed by atoms with Crippen molar-refractivity contribution in [1.82, 2.24) is 4.98 Å². The molecule has 1 heterocycles. The summed E-state index contributed by atoms with van der Waals surface area (Å²) in [5.74, 6) is 0.254. The lowest BCUT2D eigenvalue weighted by molar-refractivity contribution is -0.117.